The topological polar surface area (TPSA) is 20.3 Å². The number of rotatable bonds is 2. The summed E-state index contributed by atoms with van der Waals surface area (Å²) < 4.78 is 1.09. The largest absolute Gasteiger partial charge is 0.349 e. The van der Waals surface area contributed by atoms with E-state index < -0.39 is 0 Å². The predicted octanol–water partition coefficient (Wildman–Crippen LogP) is 2.64. The first kappa shape index (κ1) is 10.7. The molecule has 0 radical (unpaired) electrons. The maximum atomic E-state index is 11.7. The van der Waals surface area contributed by atoms with Crippen LogP contribution in [0, 0.1) is 5.92 Å². The molecule has 0 bridgehead atoms. The molecule has 80 valence electrons. The van der Waals surface area contributed by atoms with Crippen molar-refractivity contribution in [2.24, 2.45) is 5.92 Å². The Labute approximate surface area is 98.4 Å². The SMILES string of the molecule is CN(C)C(=O)C1CC1c1cccc(Br)c1. The summed E-state index contributed by atoms with van der Waals surface area (Å²) in [5, 5.41) is 0. The highest BCUT2D eigenvalue weighted by molar-refractivity contribution is 9.10. The third-order valence-corrected chi connectivity index (χ3v) is 3.32. The van der Waals surface area contributed by atoms with Crippen molar-refractivity contribution in [2.75, 3.05) is 14.1 Å². The zero-order valence-corrected chi connectivity index (χ0v) is 10.5. The molecular formula is C12H14BrNO. The number of hydrogen-bond donors (Lipinski definition) is 0. The van der Waals surface area contributed by atoms with E-state index in [1.807, 2.05) is 26.2 Å². The van der Waals surface area contributed by atoms with Gasteiger partial charge in [0.05, 0.1) is 0 Å². The molecule has 2 nitrogen and oxygen atoms in total. The number of halogens is 1. The molecule has 0 aliphatic heterocycles. The van der Waals surface area contributed by atoms with Gasteiger partial charge in [0.25, 0.3) is 0 Å². The molecule has 1 aromatic carbocycles. The quantitative estimate of drug-likeness (QED) is 0.807. The van der Waals surface area contributed by atoms with Crippen LogP contribution in [0.2, 0.25) is 0 Å². The van der Waals surface area contributed by atoms with Crippen LogP contribution in [0.25, 0.3) is 0 Å². The molecule has 2 unspecified atom stereocenters. The van der Waals surface area contributed by atoms with Gasteiger partial charge >= 0.3 is 0 Å². The van der Waals surface area contributed by atoms with E-state index in [9.17, 15) is 4.79 Å². The molecule has 15 heavy (non-hydrogen) atoms. The molecule has 1 fully saturated rings. The standard InChI is InChI=1S/C12H14BrNO/c1-14(2)12(15)11-7-10(11)8-4-3-5-9(13)6-8/h3-6,10-11H,7H2,1-2H3. The zero-order valence-electron chi connectivity index (χ0n) is 8.90. The predicted molar refractivity (Wildman–Crippen MR) is 63.7 cm³/mol. The number of nitrogens with zero attached hydrogens (tertiary/aromatic N) is 1. The highest BCUT2D eigenvalue weighted by Gasteiger charge is 2.44. The Morgan fingerprint density at radius 3 is 2.80 bits per heavy atom. The van der Waals surface area contributed by atoms with Crippen LogP contribution in [-0.2, 0) is 4.79 Å². The number of benzene rings is 1. The Morgan fingerprint density at radius 2 is 2.20 bits per heavy atom. The van der Waals surface area contributed by atoms with Crippen molar-refractivity contribution in [3.63, 3.8) is 0 Å². The van der Waals surface area contributed by atoms with E-state index in [0.29, 0.717) is 5.92 Å². The van der Waals surface area contributed by atoms with Crippen molar-refractivity contribution in [3.05, 3.63) is 34.3 Å². The molecule has 0 aromatic heterocycles. The van der Waals surface area contributed by atoms with Crippen LogP contribution in [0.5, 0.6) is 0 Å². The van der Waals surface area contributed by atoms with E-state index in [1.54, 1.807) is 4.90 Å². The smallest absolute Gasteiger partial charge is 0.225 e. The highest BCUT2D eigenvalue weighted by Crippen LogP contribution is 2.48. The summed E-state index contributed by atoms with van der Waals surface area (Å²) in [6, 6.07) is 8.23. The van der Waals surface area contributed by atoms with E-state index in [4.69, 9.17) is 0 Å². The van der Waals surface area contributed by atoms with Crippen molar-refractivity contribution < 1.29 is 4.79 Å². The Morgan fingerprint density at radius 1 is 1.47 bits per heavy atom. The van der Waals surface area contributed by atoms with Crippen molar-refractivity contribution in [1.29, 1.82) is 0 Å². The van der Waals surface area contributed by atoms with E-state index >= 15 is 0 Å². The molecule has 1 aromatic rings. The maximum absolute atomic E-state index is 11.7. The van der Waals surface area contributed by atoms with Crippen LogP contribution in [-0.4, -0.2) is 24.9 Å². The second-order valence-electron chi connectivity index (χ2n) is 4.24. The van der Waals surface area contributed by atoms with Gasteiger partial charge in [-0.25, -0.2) is 0 Å². The van der Waals surface area contributed by atoms with Gasteiger partial charge < -0.3 is 4.90 Å². The lowest BCUT2D eigenvalue weighted by molar-refractivity contribution is -0.130. The Balaban J connectivity index is 2.08. The first-order valence-electron chi connectivity index (χ1n) is 5.06. The lowest BCUT2D eigenvalue weighted by atomic mass is 10.1. The van der Waals surface area contributed by atoms with Crippen LogP contribution in [0.4, 0.5) is 0 Å². The first-order valence-corrected chi connectivity index (χ1v) is 5.85. The molecule has 0 spiro atoms. The fourth-order valence-corrected chi connectivity index (χ4v) is 2.32. The third kappa shape index (κ3) is 2.23. The van der Waals surface area contributed by atoms with Gasteiger partial charge in [-0.2, -0.15) is 0 Å². The summed E-state index contributed by atoms with van der Waals surface area (Å²) in [4.78, 5) is 13.4. The van der Waals surface area contributed by atoms with Crippen molar-refractivity contribution in [3.8, 4) is 0 Å². The molecule has 1 aliphatic carbocycles. The van der Waals surface area contributed by atoms with Crippen LogP contribution < -0.4 is 0 Å². The summed E-state index contributed by atoms with van der Waals surface area (Å²) in [7, 11) is 3.64. The van der Waals surface area contributed by atoms with Crippen LogP contribution in [0.1, 0.15) is 17.9 Å². The average molecular weight is 268 g/mol. The molecule has 0 heterocycles. The summed E-state index contributed by atoms with van der Waals surface area (Å²) >= 11 is 3.45. The van der Waals surface area contributed by atoms with Gasteiger partial charge in [-0.15, -0.1) is 0 Å². The number of hydrogen-bond acceptors (Lipinski definition) is 1. The zero-order chi connectivity index (χ0) is 11.0. The summed E-state index contributed by atoms with van der Waals surface area (Å²) in [6.45, 7) is 0. The van der Waals surface area contributed by atoms with E-state index in [0.717, 1.165) is 10.9 Å². The summed E-state index contributed by atoms with van der Waals surface area (Å²) in [5.74, 6) is 0.881. The fourth-order valence-electron chi connectivity index (χ4n) is 1.91. The Bertz CT molecular complexity index is 389. The minimum Gasteiger partial charge on any atom is -0.349 e. The molecule has 1 saturated carbocycles. The van der Waals surface area contributed by atoms with Gasteiger partial charge in [-0.3, -0.25) is 4.79 Å². The second-order valence-corrected chi connectivity index (χ2v) is 5.15. The first-order chi connectivity index (χ1) is 7.09. The average Bonchev–Trinajstić information content (AvgIpc) is 2.96. The number of carbonyl (C=O) groups excluding carboxylic acids is 1. The maximum Gasteiger partial charge on any atom is 0.225 e. The second kappa shape index (κ2) is 3.97. The van der Waals surface area contributed by atoms with Crippen molar-refractivity contribution in [2.45, 2.75) is 12.3 Å². The number of amides is 1. The molecular weight excluding hydrogens is 254 g/mol. The lowest BCUT2D eigenvalue weighted by Crippen LogP contribution is -2.23. The van der Waals surface area contributed by atoms with Gasteiger partial charge in [0.2, 0.25) is 5.91 Å². The Hall–Kier alpha value is -0.830. The van der Waals surface area contributed by atoms with Gasteiger partial charge in [0, 0.05) is 24.5 Å². The monoisotopic (exact) mass is 267 g/mol. The minimum absolute atomic E-state index is 0.203. The Kier molecular flexibility index (Phi) is 2.83. The van der Waals surface area contributed by atoms with Crippen LogP contribution >= 0.6 is 15.9 Å². The van der Waals surface area contributed by atoms with Crippen LogP contribution in [0.15, 0.2) is 28.7 Å². The molecule has 3 heteroatoms. The summed E-state index contributed by atoms with van der Waals surface area (Å²) in [5.41, 5.74) is 1.27. The van der Waals surface area contributed by atoms with E-state index in [-0.39, 0.29) is 11.8 Å². The molecule has 1 amide bonds. The van der Waals surface area contributed by atoms with Crippen LogP contribution in [0.3, 0.4) is 0 Å². The van der Waals surface area contributed by atoms with Gasteiger partial charge in [0.15, 0.2) is 0 Å². The molecule has 1 aliphatic rings. The fraction of sp³-hybridized carbons (Fsp3) is 0.417. The molecule has 0 N–H and O–H groups in total. The van der Waals surface area contributed by atoms with Gasteiger partial charge in [0.1, 0.15) is 0 Å². The van der Waals surface area contributed by atoms with Crippen molar-refractivity contribution in [1.82, 2.24) is 4.90 Å². The molecule has 0 saturated heterocycles. The summed E-state index contributed by atoms with van der Waals surface area (Å²) in [6.07, 6.45) is 0.994. The van der Waals surface area contributed by atoms with Crippen molar-refractivity contribution >= 4 is 21.8 Å². The number of carbonyl (C=O) groups is 1. The van der Waals surface area contributed by atoms with Gasteiger partial charge in [-0.1, -0.05) is 28.1 Å². The highest BCUT2D eigenvalue weighted by atomic mass is 79.9. The minimum atomic E-state index is 0.203. The third-order valence-electron chi connectivity index (χ3n) is 2.83. The normalized spacial score (nSPS) is 23.7. The molecule has 2 atom stereocenters. The molecule has 2 rings (SSSR count). The lowest BCUT2D eigenvalue weighted by Gasteiger charge is -2.09. The van der Waals surface area contributed by atoms with E-state index in [2.05, 4.69) is 28.1 Å². The van der Waals surface area contributed by atoms with E-state index in [1.165, 1.54) is 5.56 Å². The van der Waals surface area contributed by atoms with Gasteiger partial charge in [-0.05, 0) is 30.0 Å².